The zero-order valence-electron chi connectivity index (χ0n) is 7.93. The number of hydrogen-bond acceptors (Lipinski definition) is 2. The first-order valence-corrected chi connectivity index (χ1v) is 4.77. The molecule has 0 radical (unpaired) electrons. The Morgan fingerprint density at radius 2 is 2.21 bits per heavy atom. The zero-order valence-corrected chi connectivity index (χ0v) is 8.68. The van der Waals surface area contributed by atoms with E-state index < -0.39 is 11.9 Å². The number of aliphatic hydroxyl groups is 1. The van der Waals surface area contributed by atoms with Gasteiger partial charge in [-0.05, 0) is 43.1 Å². The standard InChI is InChI=1S/C10H13ClFNO/c1-6-4-9(12)8(11)5-7(6)10(14)2-3-13/h4-5,10,14H,2-3,13H2,1H3. The van der Waals surface area contributed by atoms with Gasteiger partial charge in [0.25, 0.3) is 0 Å². The third-order valence-electron chi connectivity index (χ3n) is 2.11. The van der Waals surface area contributed by atoms with Gasteiger partial charge in [-0.1, -0.05) is 11.6 Å². The fourth-order valence-electron chi connectivity index (χ4n) is 1.33. The van der Waals surface area contributed by atoms with Crippen molar-refractivity contribution in [2.45, 2.75) is 19.4 Å². The number of aryl methyl sites for hydroxylation is 1. The van der Waals surface area contributed by atoms with Gasteiger partial charge in [-0.3, -0.25) is 0 Å². The molecule has 4 heteroatoms. The van der Waals surface area contributed by atoms with Gasteiger partial charge < -0.3 is 10.8 Å². The second-order valence-electron chi connectivity index (χ2n) is 3.22. The van der Waals surface area contributed by atoms with Gasteiger partial charge in [-0.2, -0.15) is 0 Å². The molecule has 78 valence electrons. The minimum absolute atomic E-state index is 0.0293. The first-order chi connectivity index (χ1) is 6.56. The highest BCUT2D eigenvalue weighted by molar-refractivity contribution is 6.30. The van der Waals surface area contributed by atoms with Gasteiger partial charge in [0.1, 0.15) is 5.82 Å². The molecule has 1 aromatic rings. The van der Waals surface area contributed by atoms with E-state index in [-0.39, 0.29) is 5.02 Å². The minimum atomic E-state index is -0.668. The van der Waals surface area contributed by atoms with Crippen molar-refractivity contribution >= 4 is 11.6 Å². The topological polar surface area (TPSA) is 46.2 Å². The molecule has 1 aromatic carbocycles. The zero-order chi connectivity index (χ0) is 10.7. The maximum atomic E-state index is 13.0. The number of hydrogen-bond donors (Lipinski definition) is 2. The molecule has 0 bridgehead atoms. The third-order valence-corrected chi connectivity index (χ3v) is 2.40. The Morgan fingerprint density at radius 1 is 1.57 bits per heavy atom. The molecule has 3 N–H and O–H groups in total. The second kappa shape index (κ2) is 4.73. The minimum Gasteiger partial charge on any atom is -0.388 e. The van der Waals surface area contributed by atoms with Gasteiger partial charge >= 0.3 is 0 Å². The molecular formula is C10H13ClFNO. The fourth-order valence-corrected chi connectivity index (χ4v) is 1.51. The van der Waals surface area contributed by atoms with E-state index in [1.807, 2.05) is 0 Å². The molecule has 0 amide bonds. The Labute approximate surface area is 87.5 Å². The van der Waals surface area contributed by atoms with Crippen LogP contribution in [0, 0.1) is 12.7 Å². The molecule has 1 rings (SSSR count). The van der Waals surface area contributed by atoms with Crippen molar-refractivity contribution in [2.24, 2.45) is 5.73 Å². The van der Waals surface area contributed by atoms with Crippen molar-refractivity contribution in [3.8, 4) is 0 Å². The normalized spacial score (nSPS) is 12.9. The first-order valence-electron chi connectivity index (χ1n) is 4.40. The molecule has 0 saturated heterocycles. The summed E-state index contributed by atoms with van der Waals surface area (Å²) in [6.07, 6.45) is -0.221. The Morgan fingerprint density at radius 3 is 2.79 bits per heavy atom. The van der Waals surface area contributed by atoms with Crippen LogP contribution in [-0.4, -0.2) is 11.7 Å². The van der Waals surface area contributed by atoms with Crippen molar-refractivity contribution in [1.82, 2.24) is 0 Å². The summed E-state index contributed by atoms with van der Waals surface area (Å²) in [5, 5.41) is 9.68. The van der Waals surface area contributed by atoms with Crippen LogP contribution in [0.2, 0.25) is 5.02 Å². The molecule has 0 aliphatic rings. The highest BCUT2D eigenvalue weighted by Gasteiger charge is 2.12. The molecule has 0 saturated carbocycles. The summed E-state index contributed by atoms with van der Waals surface area (Å²) < 4.78 is 13.0. The Kier molecular flexibility index (Phi) is 3.86. The predicted molar refractivity (Wildman–Crippen MR) is 54.8 cm³/mol. The van der Waals surface area contributed by atoms with E-state index >= 15 is 0 Å². The van der Waals surface area contributed by atoms with Crippen LogP contribution in [0.5, 0.6) is 0 Å². The van der Waals surface area contributed by atoms with E-state index in [2.05, 4.69) is 0 Å². The summed E-state index contributed by atoms with van der Waals surface area (Å²) in [5.74, 6) is -0.465. The van der Waals surface area contributed by atoms with Crippen LogP contribution in [-0.2, 0) is 0 Å². The highest BCUT2D eigenvalue weighted by Crippen LogP contribution is 2.26. The summed E-state index contributed by atoms with van der Waals surface area (Å²) in [7, 11) is 0. The average molecular weight is 218 g/mol. The van der Waals surface area contributed by atoms with E-state index in [1.165, 1.54) is 12.1 Å². The Bertz CT molecular complexity index is 330. The molecule has 0 aliphatic carbocycles. The van der Waals surface area contributed by atoms with Crippen molar-refractivity contribution < 1.29 is 9.50 Å². The van der Waals surface area contributed by atoms with Crippen molar-refractivity contribution in [3.05, 3.63) is 34.1 Å². The largest absolute Gasteiger partial charge is 0.388 e. The van der Waals surface area contributed by atoms with Gasteiger partial charge in [0.2, 0.25) is 0 Å². The molecule has 0 heterocycles. The molecule has 2 nitrogen and oxygen atoms in total. The van der Waals surface area contributed by atoms with E-state index in [9.17, 15) is 9.50 Å². The first kappa shape index (κ1) is 11.4. The highest BCUT2D eigenvalue weighted by atomic mass is 35.5. The van der Waals surface area contributed by atoms with Gasteiger partial charge in [0.05, 0.1) is 11.1 Å². The summed E-state index contributed by atoms with van der Waals surface area (Å²) in [5.41, 5.74) is 6.65. The van der Waals surface area contributed by atoms with Gasteiger partial charge in [0, 0.05) is 0 Å². The molecule has 0 spiro atoms. The van der Waals surface area contributed by atoms with Crippen LogP contribution in [0.15, 0.2) is 12.1 Å². The predicted octanol–water partition coefficient (Wildman–Crippen LogP) is 2.17. The van der Waals surface area contributed by atoms with Crippen molar-refractivity contribution in [1.29, 1.82) is 0 Å². The SMILES string of the molecule is Cc1cc(F)c(Cl)cc1C(O)CCN. The maximum Gasteiger partial charge on any atom is 0.142 e. The fraction of sp³-hybridized carbons (Fsp3) is 0.400. The molecule has 14 heavy (non-hydrogen) atoms. The van der Waals surface area contributed by atoms with Gasteiger partial charge in [0.15, 0.2) is 0 Å². The summed E-state index contributed by atoms with van der Waals surface area (Å²) in [6, 6.07) is 2.77. The summed E-state index contributed by atoms with van der Waals surface area (Å²) >= 11 is 5.61. The Hall–Kier alpha value is -0.640. The van der Waals surface area contributed by atoms with Crippen LogP contribution in [0.25, 0.3) is 0 Å². The van der Waals surface area contributed by atoms with Gasteiger partial charge in [-0.15, -0.1) is 0 Å². The van der Waals surface area contributed by atoms with E-state index in [0.29, 0.717) is 24.1 Å². The maximum absolute atomic E-state index is 13.0. The van der Waals surface area contributed by atoms with Crippen molar-refractivity contribution in [2.75, 3.05) is 6.54 Å². The van der Waals surface area contributed by atoms with Crippen LogP contribution in [0.4, 0.5) is 4.39 Å². The number of rotatable bonds is 3. The lowest BCUT2D eigenvalue weighted by Gasteiger charge is -2.13. The lowest BCUT2D eigenvalue weighted by Crippen LogP contribution is -2.08. The van der Waals surface area contributed by atoms with E-state index in [1.54, 1.807) is 6.92 Å². The lowest BCUT2D eigenvalue weighted by molar-refractivity contribution is 0.169. The molecule has 0 aromatic heterocycles. The van der Waals surface area contributed by atoms with Crippen LogP contribution < -0.4 is 5.73 Å². The van der Waals surface area contributed by atoms with Crippen molar-refractivity contribution in [3.63, 3.8) is 0 Å². The van der Waals surface area contributed by atoms with Crippen LogP contribution in [0.1, 0.15) is 23.7 Å². The number of benzene rings is 1. The Balaban J connectivity index is 3.02. The molecule has 1 atom stereocenters. The number of nitrogens with two attached hydrogens (primary N) is 1. The third kappa shape index (κ3) is 2.44. The number of aliphatic hydroxyl groups excluding tert-OH is 1. The monoisotopic (exact) mass is 217 g/mol. The van der Waals surface area contributed by atoms with E-state index in [4.69, 9.17) is 17.3 Å². The quantitative estimate of drug-likeness (QED) is 0.815. The lowest BCUT2D eigenvalue weighted by atomic mass is 10.0. The average Bonchev–Trinajstić information content (AvgIpc) is 2.11. The summed E-state index contributed by atoms with van der Waals surface area (Å²) in [4.78, 5) is 0. The van der Waals surface area contributed by atoms with Gasteiger partial charge in [-0.25, -0.2) is 4.39 Å². The molecule has 0 aliphatic heterocycles. The molecule has 0 fully saturated rings. The summed E-state index contributed by atoms with van der Waals surface area (Å²) in [6.45, 7) is 2.12. The number of halogens is 2. The van der Waals surface area contributed by atoms with E-state index in [0.717, 1.165) is 0 Å². The molecular weight excluding hydrogens is 205 g/mol. The molecule has 1 unspecified atom stereocenters. The smallest absolute Gasteiger partial charge is 0.142 e. The van der Waals surface area contributed by atoms with Crippen LogP contribution in [0.3, 0.4) is 0 Å². The second-order valence-corrected chi connectivity index (χ2v) is 3.62. The van der Waals surface area contributed by atoms with Crippen LogP contribution >= 0.6 is 11.6 Å².